The van der Waals surface area contributed by atoms with Gasteiger partial charge in [0.25, 0.3) is 0 Å². The molecule has 0 aromatic rings. The van der Waals surface area contributed by atoms with Crippen LogP contribution in [0.3, 0.4) is 0 Å². The smallest absolute Gasteiger partial charge is 0.312 e. The Morgan fingerprint density at radius 2 is 2.03 bits per heavy atom. The van der Waals surface area contributed by atoms with E-state index in [1.54, 1.807) is 11.8 Å². The van der Waals surface area contributed by atoms with E-state index in [1.807, 2.05) is 0 Å². The minimum Gasteiger partial charge on any atom is -0.466 e. The normalized spacial score (nSPS) is 35.7. The highest BCUT2D eigenvalue weighted by atomic mass is 79.9. The second kappa shape index (κ2) is 10.6. The number of hydrogen-bond donors (Lipinski definition) is 2. The van der Waals surface area contributed by atoms with Gasteiger partial charge in [0.15, 0.2) is 0 Å². The third-order valence-corrected chi connectivity index (χ3v) is 8.08. The number of rotatable bonds is 10. The number of carbonyl (C=O) groups is 3. The van der Waals surface area contributed by atoms with E-state index < -0.39 is 35.6 Å². The zero-order chi connectivity index (χ0) is 23.6. The Morgan fingerprint density at radius 3 is 2.73 bits per heavy atom. The number of esters is 1. The monoisotopic (exact) mass is 531 g/mol. The van der Waals surface area contributed by atoms with Crippen LogP contribution >= 0.6 is 15.9 Å². The van der Waals surface area contributed by atoms with Crippen molar-refractivity contribution in [2.45, 2.75) is 48.8 Å². The summed E-state index contributed by atoms with van der Waals surface area (Å²) in [4.78, 5) is 43.6. The molecule has 6 atom stereocenters. The summed E-state index contributed by atoms with van der Waals surface area (Å²) in [5.41, 5.74) is -1.06. The minimum absolute atomic E-state index is 0.0144. The molecule has 0 aromatic heterocycles. The summed E-state index contributed by atoms with van der Waals surface area (Å²) in [6, 6.07) is -0.817. The van der Waals surface area contributed by atoms with E-state index in [1.165, 1.54) is 0 Å². The second-order valence-electron chi connectivity index (χ2n) is 9.12. The summed E-state index contributed by atoms with van der Waals surface area (Å²) in [5.74, 6) is -2.41. The van der Waals surface area contributed by atoms with Gasteiger partial charge in [-0.05, 0) is 26.2 Å². The number of carbonyl (C=O) groups excluding carboxylic acids is 3. The molecule has 4 heterocycles. The molecule has 0 radical (unpaired) electrons. The van der Waals surface area contributed by atoms with Crippen molar-refractivity contribution >= 4 is 33.7 Å². The number of fused-ring (bicyclic) bond motifs is 1. The third kappa shape index (κ3) is 4.54. The Kier molecular flexibility index (Phi) is 7.95. The molecule has 1 spiro atoms. The highest BCUT2D eigenvalue weighted by molar-refractivity contribution is 9.09. The van der Waals surface area contributed by atoms with Crippen molar-refractivity contribution in [3.05, 3.63) is 0 Å². The number of aliphatic hydroxyl groups excluding tert-OH is 1. The number of unbranched alkanes of at least 4 members (excludes halogenated alkanes) is 1. The van der Waals surface area contributed by atoms with Crippen LogP contribution in [-0.4, -0.2) is 114 Å². The SMILES string of the molecule is CCOC(=O)[C@H]1[C@H]2C(=O)N(CCCCO)C(C(=O)NCCN3CCOCC3)C23CC(Br)[C@@H]1O3. The molecule has 2 amide bonds. The van der Waals surface area contributed by atoms with Gasteiger partial charge in [-0.15, -0.1) is 0 Å². The van der Waals surface area contributed by atoms with E-state index in [0.717, 1.165) is 13.1 Å². The molecule has 11 heteroatoms. The first-order chi connectivity index (χ1) is 15.9. The maximum absolute atomic E-state index is 13.6. The molecule has 33 heavy (non-hydrogen) atoms. The summed E-state index contributed by atoms with van der Waals surface area (Å²) in [7, 11) is 0. The van der Waals surface area contributed by atoms with Gasteiger partial charge in [-0.1, -0.05) is 15.9 Å². The van der Waals surface area contributed by atoms with Crippen LogP contribution in [0.4, 0.5) is 0 Å². The molecule has 0 saturated carbocycles. The van der Waals surface area contributed by atoms with Gasteiger partial charge in [0.05, 0.1) is 37.8 Å². The highest BCUT2D eigenvalue weighted by Gasteiger charge is 2.76. The average Bonchev–Trinajstić information content (AvgIpc) is 3.38. The molecule has 10 nitrogen and oxygen atoms in total. The summed E-state index contributed by atoms with van der Waals surface area (Å²) in [6.45, 7) is 6.48. The van der Waals surface area contributed by atoms with E-state index in [-0.39, 0.29) is 29.9 Å². The molecule has 186 valence electrons. The van der Waals surface area contributed by atoms with Gasteiger partial charge < -0.3 is 29.5 Å². The van der Waals surface area contributed by atoms with E-state index in [4.69, 9.17) is 14.2 Å². The summed E-state index contributed by atoms with van der Waals surface area (Å²) in [6.07, 6.45) is 1.07. The summed E-state index contributed by atoms with van der Waals surface area (Å²) >= 11 is 3.63. The van der Waals surface area contributed by atoms with Crippen LogP contribution in [0.25, 0.3) is 0 Å². The first kappa shape index (κ1) is 24.8. The number of ether oxygens (including phenoxy) is 3. The predicted molar refractivity (Wildman–Crippen MR) is 121 cm³/mol. The fourth-order valence-electron chi connectivity index (χ4n) is 5.83. The number of amides is 2. The number of alkyl halides is 1. The lowest BCUT2D eigenvalue weighted by Crippen LogP contribution is -2.56. The molecule has 0 aromatic carbocycles. The number of halogens is 1. The number of likely N-dealkylation sites (tertiary alicyclic amines) is 1. The molecular formula is C22H34BrN3O7. The van der Waals surface area contributed by atoms with Gasteiger partial charge in [0, 0.05) is 44.2 Å². The molecular weight excluding hydrogens is 498 g/mol. The number of nitrogens with zero attached hydrogens (tertiary/aromatic N) is 2. The van der Waals surface area contributed by atoms with Gasteiger partial charge in [0.2, 0.25) is 11.8 Å². The molecule has 4 aliphatic heterocycles. The lowest BCUT2D eigenvalue weighted by Gasteiger charge is -2.34. The lowest BCUT2D eigenvalue weighted by atomic mass is 9.70. The van der Waals surface area contributed by atoms with Crippen LogP contribution in [0, 0.1) is 11.8 Å². The number of hydrogen-bond acceptors (Lipinski definition) is 8. The Bertz CT molecular complexity index is 750. The zero-order valence-electron chi connectivity index (χ0n) is 19.0. The van der Waals surface area contributed by atoms with Crippen LogP contribution in [0.15, 0.2) is 0 Å². The standard InChI is InChI=1S/C22H34BrN3O7/c1-2-32-21(30)15-16-20(29)26(6-3-4-10-27)18(22(16)13-14(23)17(15)33-22)19(28)24-5-7-25-8-11-31-12-9-25/h14-18,27H,2-13H2,1H3,(H,24,28)/t14?,15-,16-,17-,18?,22?/m0/s1. The van der Waals surface area contributed by atoms with E-state index in [2.05, 4.69) is 26.1 Å². The van der Waals surface area contributed by atoms with Crippen molar-refractivity contribution in [2.24, 2.45) is 11.8 Å². The van der Waals surface area contributed by atoms with Crippen LogP contribution in [0.2, 0.25) is 0 Å². The van der Waals surface area contributed by atoms with E-state index >= 15 is 0 Å². The maximum atomic E-state index is 13.6. The Balaban J connectivity index is 1.54. The Labute approximate surface area is 202 Å². The zero-order valence-corrected chi connectivity index (χ0v) is 20.6. The number of nitrogens with one attached hydrogen (secondary N) is 1. The molecule has 4 saturated heterocycles. The van der Waals surface area contributed by atoms with Crippen molar-refractivity contribution in [2.75, 3.05) is 59.2 Å². The van der Waals surface area contributed by atoms with Crippen LogP contribution < -0.4 is 5.32 Å². The molecule has 4 fully saturated rings. The predicted octanol–water partition coefficient (Wildman–Crippen LogP) is -0.482. The van der Waals surface area contributed by atoms with Gasteiger partial charge in [-0.3, -0.25) is 19.3 Å². The van der Waals surface area contributed by atoms with E-state index in [0.29, 0.717) is 52.1 Å². The van der Waals surface area contributed by atoms with Crippen molar-refractivity contribution in [3.8, 4) is 0 Å². The number of morpholine rings is 1. The van der Waals surface area contributed by atoms with Crippen molar-refractivity contribution < 1.29 is 33.7 Å². The molecule has 4 aliphatic rings. The van der Waals surface area contributed by atoms with Gasteiger partial charge in [0.1, 0.15) is 11.6 Å². The first-order valence-corrected chi connectivity index (χ1v) is 12.8. The molecule has 4 rings (SSSR count). The second-order valence-corrected chi connectivity index (χ2v) is 10.3. The van der Waals surface area contributed by atoms with Crippen molar-refractivity contribution in [3.63, 3.8) is 0 Å². The van der Waals surface area contributed by atoms with Crippen LogP contribution in [0.5, 0.6) is 0 Å². The van der Waals surface area contributed by atoms with E-state index in [9.17, 15) is 19.5 Å². The number of aliphatic hydroxyl groups is 1. The van der Waals surface area contributed by atoms with Crippen molar-refractivity contribution in [1.29, 1.82) is 0 Å². The molecule has 2 N–H and O–H groups in total. The quantitative estimate of drug-likeness (QED) is 0.220. The largest absolute Gasteiger partial charge is 0.466 e. The van der Waals surface area contributed by atoms with Crippen LogP contribution in [-0.2, 0) is 28.6 Å². The molecule has 0 aliphatic carbocycles. The van der Waals surface area contributed by atoms with Crippen LogP contribution in [0.1, 0.15) is 26.2 Å². The summed E-state index contributed by atoms with van der Waals surface area (Å²) < 4.78 is 17.0. The Hall–Kier alpha value is -1.27. The van der Waals surface area contributed by atoms with Gasteiger partial charge >= 0.3 is 5.97 Å². The lowest BCUT2D eigenvalue weighted by molar-refractivity contribution is -0.154. The topological polar surface area (TPSA) is 118 Å². The minimum atomic E-state index is -1.06. The van der Waals surface area contributed by atoms with Gasteiger partial charge in [-0.25, -0.2) is 0 Å². The molecule has 3 unspecified atom stereocenters. The average molecular weight is 532 g/mol. The maximum Gasteiger partial charge on any atom is 0.312 e. The highest BCUT2D eigenvalue weighted by Crippen LogP contribution is 2.60. The van der Waals surface area contributed by atoms with Gasteiger partial charge in [-0.2, -0.15) is 0 Å². The Morgan fingerprint density at radius 1 is 1.27 bits per heavy atom. The first-order valence-electron chi connectivity index (χ1n) is 11.9. The third-order valence-electron chi connectivity index (χ3n) is 7.23. The fraction of sp³-hybridized carbons (Fsp3) is 0.864. The fourth-order valence-corrected chi connectivity index (χ4v) is 6.77. The summed E-state index contributed by atoms with van der Waals surface area (Å²) in [5, 5.41) is 12.2. The van der Waals surface area contributed by atoms with Crippen molar-refractivity contribution in [1.82, 2.24) is 15.1 Å². The molecule has 2 bridgehead atoms.